The van der Waals surface area contributed by atoms with Crippen molar-refractivity contribution in [3.63, 3.8) is 0 Å². The summed E-state index contributed by atoms with van der Waals surface area (Å²) in [7, 11) is 0. The number of rotatable bonds is 5. The van der Waals surface area contributed by atoms with Crippen LogP contribution in [0.5, 0.6) is 0 Å². The smallest absolute Gasteiger partial charge is 0 e. The summed E-state index contributed by atoms with van der Waals surface area (Å²) >= 11 is 0. The first kappa shape index (κ1) is 19.0. The molecule has 0 amide bonds. The molecule has 0 aliphatic heterocycles. The number of hydrogen-bond acceptors (Lipinski definition) is 0. The highest BCUT2D eigenvalue weighted by atomic mass is 14.1. The molecule has 0 saturated carbocycles. The van der Waals surface area contributed by atoms with Gasteiger partial charge in [0.1, 0.15) is 0 Å². The lowest BCUT2D eigenvalue weighted by Crippen LogP contribution is -1.91. The average Bonchev–Trinajstić information content (AvgIpc) is 2.65. The summed E-state index contributed by atoms with van der Waals surface area (Å²) in [5.74, 6) is 0. The maximum Gasteiger partial charge on any atom is 0 e. The third-order valence-corrected chi connectivity index (χ3v) is 4.33. The Morgan fingerprint density at radius 2 is 1.20 bits per heavy atom. The van der Waals surface area contributed by atoms with Crippen molar-refractivity contribution >= 4 is 0 Å². The molecule has 3 aromatic carbocycles. The normalized spacial score (nSPS) is 10.1. The summed E-state index contributed by atoms with van der Waals surface area (Å²) in [5.41, 5.74) is 8.14. The van der Waals surface area contributed by atoms with Crippen molar-refractivity contribution in [2.45, 2.75) is 47.0 Å². The quantitative estimate of drug-likeness (QED) is 0.456. The van der Waals surface area contributed by atoms with Gasteiger partial charge in [-0.2, -0.15) is 0 Å². The van der Waals surface area contributed by atoms with Gasteiger partial charge < -0.3 is 0 Å². The van der Waals surface area contributed by atoms with Crippen LogP contribution < -0.4 is 0 Å². The maximum absolute atomic E-state index is 2.34. The lowest BCUT2D eigenvalue weighted by atomic mass is 9.98. The molecule has 3 aromatic rings. The summed E-state index contributed by atoms with van der Waals surface area (Å²) in [4.78, 5) is 0. The molecule has 0 bridgehead atoms. The fourth-order valence-electron chi connectivity index (χ4n) is 2.98. The minimum Gasteiger partial charge on any atom is -0.0683 e. The summed E-state index contributed by atoms with van der Waals surface area (Å²) < 4.78 is 0. The minimum absolute atomic E-state index is 0. The molecule has 25 heavy (non-hydrogen) atoms. The Labute approximate surface area is 155 Å². The van der Waals surface area contributed by atoms with E-state index in [2.05, 4.69) is 86.6 Å². The van der Waals surface area contributed by atoms with E-state index in [9.17, 15) is 0 Å². The lowest BCUT2D eigenvalue weighted by molar-refractivity contribution is 0.820. The summed E-state index contributed by atoms with van der Waals surface area (Å²) in [6, 6.07) is 26.6. The molecule has 0 fully saturated rings. The second kappa shape index (κ2) is 9.84. The maximum atomic E-state index is 2.34. The van der Waals surface area contributed by atoms with E-state index < -0.39 is 0 Å². The van der Waals surface area contributed by atoms with E-state index in [1.807, 2.05) is 13.8 Å². The van der Waals surface area contributed by atoms with Crippen molar-refractivity contribution in [2.24, 2.45) is 0 Å². The second-order valence-corrected chi connectivity index (χ2v) is 6.41. The van der Waals surface area contributed by atoms with Gasteiger partial charge in [0.25, 0.3) is 0 Å². The Hall–Kier alpha value is -2.34. The van der Waals surface area contributed by atoms with Crippen LogP contribution in [0.3, 0.4) is 0 Å². The first-order valence-electron chi connectivity index (χ1n) is 9.42. The molecule has 0 unspecified atom stereocenters. The van der Waals surface area contributed by atoms with Crippen molar-refractivity contribution in [1.82, 2.24) is 0 Å². The molecule has 0 aliphatic rings. The van der Waals surface area contributed by atoms with Crippen LogP contribution in [0.25, 0.3) is 11.1 Å². The van der Waals surface area contributed by atoms with Crippen molar-refractivity contribution in [3.05, 3.63) is 95.1 Å². The Bertz CT molecular complexity index is 772. The highest BCUT2D eigenvalue weighted by molar-refractivity contribution is 5.64. The molecule has 0 heteroatoms. The molecule has 0 radical (unpaired) electrons. The highest BCUT2D eigenvalue weighted by Crippen LogP contribution is 2.22. The monoisotopic (exact) mass is 332 g/mol. The standard InChI is InChI=1S/C23H24.C2H6.H2/c1-18-12-14-20(15-13-18)7-4-8-21-9-5-11-23(17-21)22-10-3-6-19(2)16-22;1-2;/h3,5-6,9-17H,4,7-8H2,1-2H3;1-2H3;1H. The van der Waals surface area contributed by atoms with Crippen molar-refractivity contribution in [1.29, 1.82) is 0 Å². The number of hydrogen-bond donors (Lipinski definition) is 0. The van der Waals surface area contributed by atoms with Gasteiger partial charge in [-0.15, -0.1) is 0 Å². The van der Waals surface area contributed by atoms with Crippen molar-refractivity contribution < 1.29 is 1.43 Å². The topological polar surface area (TPSA) is 0 Å². The molecule has 3 rings (SSSR count). The van der Waals surface area contributed by atoms with Crippen LogP contribution in [0.4, 0.5) is 0 Å². The molecular weight excluding hydrogens is 300 g/mol. The van der Waals surface area contributed by atoms with E-state index in [1.54, 1.807) is 0 Å². The summed E-state index contributed by atoms with van der Waals surface area (Å²) in [6.07, 6.45) is 3.48. The van der Waals surface area contributed by atoms with Crippen molar-refractivity contribution in [3.8, 4) is 11.1 Å². The van der Waals surface area contributed by atoms with E-state index in [1.165, 1.54) is 39.8 Å². The molecule has 0 atom stereocenters. The first-order valence-corrected chi connectivity index (χ1v) is 9.42. The molecule has 0 saturated heterocycles. The van der Waals surface area contributed by atoms with Gasteiger partial charge in [-0.25, -0.2) is 0 Å². The van der Waals surface area contributed by atoms with Crippen molar-refractivity contribution in [2.75, 3.05) is 0 Å². The zero-order chi connectivity index (χ0) is 18.1. The van der Waals surface area contributed by atoms with E-state index in [0.717, 1.165) is 12.8 Å². The van der Waals surface area contributed by atoms with Crippen LogP contribution in [0, 0.1) is 13.8 Å². The Morgan fingerprint density at radius 1 is 0.600 bits per heavy atom. The molecule has 132 valence electrons. The Balaban J connectivity index is 0.00000109. The van der Waals surface area contributed by atoms with E-state index >= 15 is 0 Å². The van der Waals surface area contributed by atoms with Crippen LogP contribution in [0.15, 0.2) is 72.8 Å². The van der Waals surface area contributed by atoms with E-state index in [0.29, 0.717) is 0 Å². The van der Waals surface area contributed by atoms with Gasteiger partial charge >= 0.3 is 0 Å². The number of benzene rings is 3. The summed E-state index contributed by atoms with van der Waals surface area (Å²) in [5, 5.41) is 0. The lowest BCUT2D eigenvalue weighted by Gasteiger charge is -2.07. The fourth-order valence-corrected chi connectivity index (χ4v) is 2.98. The predicted molar refractivity (Wildman–Crippen MR) is 113 cm³/mol. The average molecular weight is 333 g/mol. The zero-order valence-corrected chi connectivity index (χ0v) is 16.0. The van der Waals surface area contributed by atoms with Crippen LogP contribution in [0.2, 0.25) is 0 Å². The molecular formula is C25H32. The Morgan fingerprint density at radius 3 is 1.88 bits per heavy atom. The van der Waals surface area contributed by atoms with E-state index in [4.69, 9.17) is 0 Å². The van der Waals surface area contributed by atoms with Gasteiger partial charge in [0, 0.05) is 1.43 Å². The number of aryl methyl sites for hydroxylation is 4. The Kier molecular flexibility index (Phi) is 7.47. The van der Waals surface area contributed by atoms with Gasteiger partial charge in [-0.05, 0) is 55.4 Å². The van der Waals surface area contributed by atoms with Gasteiger partial charge in [0.05, 0.1) is 0 Å². The van der Waals surface area contributed by atoms with Crippen LogP contribution in [-0.4, -0.2) is 0 Å². The van der Waals surface area contributed by atoms with Gasteiger partial charge in [-0.1, -0.05) is 97.8 Å². The van der Waals surface area contributed by atoms with Gasteiger partial charge in [0.2, 0.25) is 0 Å². The SMILES string of the molecule is CC.Cc1ccc(CCCc2cccc(-c3cccc(C)c3)c2)cc1.[HH]. The van der Waals surface area contributed by atoms with Crippen LogP contribution in [0.1, 0.15) is 43.9 Å². The fraction of sp³-hybridized carbons (Fsp3) is 0.280. The first-order chi connectivity index (χ1) is 12.2. The third kappa shape index (κ3) is 5.90. The molecule has 0 heterocycles. The predicted octanol–water partition coefficient (Wildman–Crippen LogP) is 7.42. The molecule has 0 nitrogen and oxygen atoms in total. The molecule has 0 N–H and O–H groups in total. The summed E-state index contributed by atoms with van der Waals surface area (Å²) in [6.45, 7) is 8.29. The van der Waals surface area contributed by atoms with E-state index in [-0.39, 0.29) is 1.43 Å². The third-order valence-electron chi connectivity index (χ3n) is 4.33. The highest BCUT2D eigenvalue weighted by Gasteiger charge is 2.01. The van der Waals surface area contributed by atoms with Gasteiger partial charge in [-0.3, -0.25) is 0 Å². The largest absolute Gasteiger partial charge is 0.0683 e. The minimum atomic E-state index is 0. The second-order valence-electron chi connectivity index (χ2n) is 6.41. The van der Waals surface area contributed by atoms with Crippen LogP contribution >= 0.6 is 0 Å². The molecule has 0 spiro atoms. The zero-order valence-electron chi connectivity index (χ0n) is 16.0. The molecule has 0 aromatic heterocycles. The van der Waals surface area contributed by atoms with Gasteiger partial charge in [0.15, 0.2) is 0 Å². The molecule has 0 aliphatic carbocycles. The van der Waals surface area contributed by atoms with Crippen LogP contribution in [-0.2, 0) is 12.8 Å².